The molecular weight excluding hydrogens is 347 g/mol. The average Bonchev–Trinajstić information content (AvgIpc) is 2.41. The van der Waals surface area contributed by atoms with Crippen LogP contribution in [0.3, 0.4) is 0 Å². The number of ether oxygens (including phenoxy) is 1. The zero-order valence-electron chi connectivity index (χ0n) is 9.48. The molecule has 0 bridgehead atoms. The van der Waals surface area contributed by atoms with Gasteiger partial charge in [-0.05, 0) is 28.7 Å². The lowest BCUT2D eigenvalue weighted by atomic mass is 10.1. The Morgan fingerprint density at radius 3 is 2.56 bits per heavy atom. The number of methoxy groups -OCH3 is 1. The highest BCUT2D eigenvalue weighted by atomic mass is 127. The molecule has 4 nitrogen and oxygen atoms in total. The van der Waals surface area contributed by atoms with Gasteiger partial charge in [-0.25, -0.2) is 9.59 Å². The van der Waals surface area contributed by atoms with Crippen molar-refractivity contribution in [1.29, 1.82) is 0 Å². The van der Waals surface area contributed by atoms with Crippen LogP contribution in [0.2, 0.25) is 0 Å². The van der Waals surface area contributed by atoms with E-state index in [2.05, 4.69) is 4.74 Å². The van der Waals surface area contributed by atoms with E-state index in [0.29, 0.717) is 9.33 Å². The van der Waals surface area contributed by atoms with Gasteiger partial charge in [-0.3, -0.25) is 0 Å². The average molecular weight is 356 g/mol. The summed E-state index contributed by atoms with van der Waals surface area (Å²) in [7, 11) is 1.22. The molecule has 18 heavy (non-hydrogen) atoms. The first-order valence-electron chi connectivity index (χ1n) is 5.11. The van der Waals surface area contributed by atoms with Crippen LogP contribution in [0.15, 0.2) is 45.6 Å². The summed E-state index contributed by atoms with van der Waals surface area (Å²) in [5.74, 6) is -0.241. The zero-order valence-corrected chi connectivity index (χ0v) is 11.6. The van der Waals surface area contributed by atoms with E-state index in [1.165, 1.54) is 13.2 Å². The molecule has 1 aromatic heterocycles. The van der Waals surface area contributed by atoms with Gasteiger partial charge in [0.05, 0.1) is 10.7 Å². The van der Waals surface area contributed by atoms with Crippen molar-refractivity contribution in [1.82, 2.24) is 0 Å². The molecule has 1 aromatic carbocycles. The number of carbonyl (C=O) groups is 1. The number of hydrogen-bond acceptors (Lipinski definition) is 4. The van der Waals surface area contributed by atoms with Gasteiger partial charge in [-0.1, -0.05) is 30.3 Å². The molecule has 0 aliphatic heterocycles. The molecule has 0 amide bonds. The Bertz CT molecular complexity index is 631. The molecule has 0 atom stereocenters. The van der Waals surface area contributed by atoms with Crippen molar-refractivity contribution in [3.8, 4) is 11.3 Å². The standard InChI is InChI=1S/C13H9IO4/c1-17-12(15)9-7-10(14)11(18-13(9)16)8-5-3-2-4-6-8/h2-7H,1H3. The second-order valence-electron chi connectivity index (χ2n) is 3.48. The van der Waals surface area contributed by atoms with Crippen LogP contribution < -0.4 is 5.63 Å². The van der Waals surface area contributed by atoms with E-state index < -0.39 is 11.6 Å². The van der Waals surface area contributed by atoms with E-state index in [1.54, 1.807) is 0 Å². The predicted octanol–water partition coefficient (Wildman–Crippen LogP) is 2.70. The number of hydrogen-bond donors (Lipinski definition) is 0. The largest absolute Gasteiger partial charge is 0.465 e. The van der Waals surface area contributed by atoms with Gasteiger partial charge >= 0.3 is 11.6 Å². The summed E-state index contributed by atoms with van der Waals surface area (Å²) in [5, 5.41) is 0. The Hall–Kier alpha value is -1.63. The van der Waals surface area contributed by atoms with Crippen molar-refractivity contribution in [2.45, 2.75) is 0 Å². The molecule has 0 spiro atoms. The van der Waals surface area contributed by atoms with Gasteiger partial charge in [0.15, 0.2) is 5.76 Å². The first kappa shape index (κ1) is 12.8. The maximum atomic E-state index is 11.7. The molecule has 5 heteroatoms. The lowest BCUT2D eigenvalue weighted by Gasteiger charge is -2.04. The summed E-state index contributed by atoms with van der Waals surface area (Å²) in [6.07, 6.45) is 0. The smallest absolute Gasteiger partial charge is 0.351 e. The van der Waals surface area contributed by atoms with E-state index in [1.807, 2.05) is 52.9 Å². The van der Waals surface area contributed by atoms with Gasteiger partial charge in [0.25, 0.3) is 0 Å². The SMILES string of the molecule is COC(=O)c1cc(I)c(-c2ccccc2)oc1=O. The third-order valence-electron chi connectivity index (χ3n) is 2.34. The number of esters is 1. The van der Waals surface area contributed by atoms with Crippen LogP contribution in [-0.4, -0.2) is 13.1 Å². The van der Waals surface area contributed by atoms with Crippen molar-refractivity contribution in [3.05, 3.63) is 56.0 Å². The molecule has 92 valence electrons. The van der Waals surface area contributed by atoms with Crippen molar-refractivity contribution in [3.63, 3.8) is 0 Å². The highest BCUT2D eigenvalue weighted by Gasteiger charge is 2.16. The normalized spacial score (nSPS) is 10.1. The highest BCUT2D eigenvalue weighted by molar-refractivity contribution is 14.1. The zero-order chi connectivity index (χ0) is 13.1. The fourth-order valence-corrected chi connectivity index (χ4v) is 2.22. The van der Waals surface area contributed by atoms with Gasteiger partial charge in [-0.15, -0.1) is 0 Å². The fourth-order valence-electron chi connectivity index (χ4n) is 1.49. The van der Waals surface area contributed by atoms with E-state index in [-0.39, 0.29) is 5.56 Å². The molecule has 0 fully saturated rings. The molecular formula is C13H9IO4. The molecule has 0 unspecified atom stereocenters. The number of rotatable bonds is 2. The third-order valence-corrected chi connectivity index (χ3v) is 3.15. The highest BCUT2D eigenvalue weighted by Crippen LogP contribution is 2.24. The molecule has 2 rings (SSSR count). The summed E-state index contributed by atoms with van der Waals surface area (Å²) in [6, 6.07) is 10.7. The van der Waals surface area contributed by atoms with Crippen LogP contribution in [0.1, 0.15) is 10.4 Å². The first-order chi connectivity index (χ1) is 8.63. The lowest BCUT2D eigenvalue weighted by molar-refractivity contribution is 0.0595. The van der Waals surface area contributed by atoms with Crippen LogP contribution in [0.25, 0.3) is 11.3 Å². The molecule has 0 aliphatic rings. The minimum absolute atomic E-state index is 0.0958. The van der Waals surface area contributed by atoms with Crippen LogP contribution in [-0.2, 0) is 4.74 Å². The summed E-state index contributed by atoms with van der Waals surface area (Å²) < 4.78 is 10.4. The van der Waals surface area contributed by atoms with Crippen LogP contribution in [0.4, 0.5) is 0 Å². The van der Waals surface area contributed by atoms with Gasteiger partial charge in [0.2, 0.25) is 0 Å². The Balaban J connectivity index is 2.57. The third kappa shape index (κ3) is 2.45. The van der Waals surface area contributed by atoms with E-state index in [0.717, 1.165) is 5.56 Å². The van der Waals surface area contributed by atoms with Crippen molar-refractivity contribution in [2.75, 3.05) is 7.11 Å². The van der Waals surface area contributed by atoms with Crippen LogP contribution >= 0.6 is 22.6 Å². The van der Waals surface area contributed by atoms with Gasteiger partial charge < -0.3 is 9.15 Å². The first-order valence-corrected chi connectivity index (χ1v) is 6.18. The Labute approximate surface area is 117 Å². The second-order valence-corrected chi connectivity index (χ2v) is 4.64. The Morgan fingerprint density at radius 1 is 1.28 bits per heavy atom. The Kier molecular flexibility index (Phi) is 3.81. The molecule has 0 aliphatic carbocycles. The predicted molar refractivity (Wildman–Crippen MR) is 74.5 cm³/mol. The second kappa shape index (κ2) is 5.34. The maximum absolute atomic E-state index is 11.7. The molecule has 0 radical (unpaired) electrons. The molecule has 2 aromatic rings. The summed E-state index contributed by atoms with van der Waals surface area (Å²) in [6.45, 7) is 0. The Morgan fingerprint density at radius 2 is 1.94 bits per heavy atom. The molecule has 0 N–H and O–H groups in total. The maximum Gasteiger partial charge on any atom is 0.351 e. The van der Waals surface area contributed by atoms with E-state index in [9.17, 15) is 9.59 Å². The van der Waals surface area contributed by atoms with E-state index >= 15 is 0 Å². The monoisotopic (exact) mass is 356 g/mol. The minimum atomic E-state index is -0.693. The quantitative estimate of drug-likeness (QED) is 0.613. The molecule has 1 heterocycles. The van der Waals surface area contributed by atoms with Crippen molar-refractivity contribution < 1.29 is 13.9 Å². The van der Waals surface area contributed by atoms with Gasteiger partial charge in [0.1, 0.15) is 5.56 Å². The molecule has 0 saturated heterocycles. The molecule has 0 saturated carbocycles. The number of benzene rings is 1. The lowest BCUT2D eigenvalue weighted by Crippen LogP contribution is -2.16. The summed E-state index contributed by atoms with van der Waals surface area (Å²) >= 11 is 2.02. The van der Waals surface area contributed by atoms with Crippen LogP contribution in [0.5, 0.6) is 0 Å². The van der Waals surface area contributed by atoms with Crippen LogP contribution in [0, 0.1) is 3.57 Å². The number of carbonyl (C=O) groups excluding carboxylic acids is 1. The minimum Gasteiger partial charge on any atom is -0.465 e. The number of halogens is 1. The fraction of sp³-hybridized carbons (Fsp3) is 0.0769. The van der Waals surface area contributed by atoms with Gasteiger partial charge in [0, 0.05) is 5.56 Å². The summed E-state index contributed by atoms with van der Waals surface area (Å²) in [5.41, 5.74) is -0.00174. The van der Waals surface area contributed by atoms with E-state index in [4.69, 9.17) is 4.42 Å². The van der Waals surface area contributed by atoms with Gasteiger partial charge in [-0.2, -0.15) is 0 Å². The topological polar surface area (TPSA) is 56.5 Å². The summed E-state index contributed by atoms with van der Waals surface area (Å²) in [4.78, 5) is 23.0. The van der Waals surface area contributed by atoms with Crippen molar-refractivity contribution in [2.24, 2.45) is 0 Å². The van der Waals surface area contributed by atoms with Crippen molar-refractivity contribution >= 4 is 28.6 Å².